The lowest BCUT2D eigenvalue weighted by Crippen LogP contribution is -2.53. The van der Waals surface area contributed by atoms with E-state index in [0.29, 0.717) is 39.5 Å². The Morgan fingerprint density at radius 3 is 2.12 bits per heavy atom. The maximum atomic E-state index is 14.5. The van der Waals surface area contributed by atoms with Crippen molar-refractivity contribution in [1.82, 2.24) is 10.2 Å². The number of carbonyl (C=O) groups excluding carboxylic acids is 2. The highest BCUT2D eigenvalue weighted by Crippen LogP contribution is 2.38. The van der Waals surface area contributed by atoms with Gasteiger partial charge in [-0.1, -0.05) is 103 Å². The molecule has 0 aliphatic carbocycles. The number of sulfonamides is 1. The van der Waals surface area contributed by atoms with Crippen LogP contribution in [0.15, 0.2) is 102 Å². The Bertz CT molecular complexity index is 1860. The van der Waals surface area contributed by atoms with Gasteiger partial charge in [0.25, 0.3) is 10.0 Å². The van der Waals surface area contributed by atoms with Gasteiger partial charge in [-0.15, -0.1) is 0 Å². The Hall–Kier alpha value is -3.77. The van der Waals surface area contributed by atoms with Crippen LogP contribution in [0.2, 0.25) is 15.1 Å². The summed E-state index contributed by atoms with van der Waals surface area (Å²) in [5.74, 6) is -1.38. The summed E-state index contributed by atoms with van der Waals surface area (Å²) in [6, 6.07) is 21.9. The lowest BCUT2D eigenvalue weighted by atomic mass is 10.0. The predicted octanol–water partition coefficient (Wildman–Crippen LogP) is 8.42. The van der Waals surface area contributed by atoms with E-state index >= 15 is 0 Å². The largest absolute Gasteiger partial charge is 0.417 e. The SMILES string of the molecule is CCCCNC(=O)[C@@H](Cc1ccccc1)N(Cc1ccc(Cl)cc1Cl)C(=O)CN(c1ccc(Cl)c(C(F)(F)F)c1)S(=O)(=O)c1ccccc1. The maximum absolute atomic E-state index is 14.5. The van der Waals surface area contributed by atoms with Crippen LogP contribution in [0, 0.1) is 0 Å². The number of unbranched alkanes of at least 4 members (excludes halogenated alkanes) is 1. The normalized spacial score (nSPS) is 12.3. The van der Waals surface area contributed by atoms with Crippen LogP contribution in [-0.4, -0.2) is 44.3 Å². The number of halogens is 6. The van der Waals surface area contributed by atoms with E-state index in [-0.39, 0.29) is 22.9 Å². The van der Waals surface area contributed by atoms with Crippen LogP contribution in [0.4, 0.5) is 18.9 Å². The van der Waals surface area contributed by atoms with Crippen molar-refractivity contribution in [2.45, 2.75) is 49.8 Å². The quantitative estimate of drug-likeness (QED) is 0.131. The highest BCUT2D eigenvalue weighted by Gasteiger charge is 2.37. The molecule has 2 amide bonds. The van der Waals surface area contributed by atoms with E-state index in [2.05, 4.69) is 5.32 Å². The topological polar surface area (TPSA) is 86.8 Å². The first-order valence-corrected chi connectivity index (χ1v) is 17.8. The fourth-order valence-electron chi connectivity index (χ4n) is 5.03. The standard InChI is InChI=1S/C35H33Cl3F3N3O4S/c1-2-3-18-42-34(46)32(19-24-10-6-4-7-11-24)43(22-25-14-15-26(36)20-31(25)38)33(45)23-44(49(47,48)28-12-8-5-9-13-28)27-16-17-30(37)29(21-27)35(39,40)41/h4-17,20-21,32H,2-3,18-19,22-23H2,1H3,(H,42,46)/t32-/m1/s1. The minimum Gasteiger partial charge on any atom is -0.354 e. The molecular weight excluding hydrogens is 722 g/mol. The third-order valence-corrected chi connectivity index (χ3v) is 10.3. The number of benzene rings is 4. The summed E-state index contributed by atoms with van der Waals surface area (Å²) in [4.78, 5) is 29.3. The Morgan fingerprint density at radius 2 is 1.51 bits per heavy atom. The van der Waals surface area contributed by atoms with Gasteiger partial charge in [0.15, 0.2) is 0 Å². The molecule has 49 heavy (non-hydrogen) atoms. The van der Waals surface area contributed by atoms with Gasteiger partial charge in [-0.05, 0) is 60.0 Å². The number of anilines is 1. The van der Waals surface area contributed by atoms with Crippen LogP contribution in [0.1, 0.15) is 36.5 Å². The molecule has 0 aliphatic heterocycles. The smallest absolute Gasteiger partial charge is 0.354 e. The number of rotatable bonds is 14. The van der Waals surface area contributed by atoms with Gasteiger partial charge >= 0.3 is 6.18 Å². The fraction of sp³-hybridized carbons (Fsp3) is 0.257. The van der Waals surface area contributed by atoms with Gasteiger partial charge in [-0.3, -0.25) is 13.9 Å². The molecule has 0 radical (unpaired) electrons. The summed E-state index contributed by atoms with van der Waals surface area (Å²) in [5, 5.41) is 2.73. The molecule has 14 heteroatoms. The van der Waals surface area contributed by atoms with E-state index in [1.165, 1.54) is 35.2 Å². The van der Waals surface area contributed by atoms with E-state index in [1.54, 1.807) is 48.5 Å². The molecule has 0 fully saturated rings. The molecule has 7 nitrogen and oxygen atoms in total. The molecule has 0 bridgehead atoms. The van der Waals surface area contributed by atoms with Gasteiger partial charge < -0.3 is 10.2 Å². The molecule has 0 unspecified atom stereocenters. The molecule has 1 N–H and O–H groups in total. The second-order valence-electron chi connectivity index (χ2n) is 11.1. The van der Waals surface area contributed by atoms with E-state index in [4.69, 9.17) is 34.8 Å². The van der Waals surface area contributed by atoms with Crippen LogP contribution in [0.25, 0.3) is 0 Å². The third kappa shape index (κ3) is 9.91. The highest BCUT2D eigenvalue weighted by atomic mass is 35.5. The Labute approximate surface area is 298 Å². The van der Waals surface area contributed by atoms with Crippen molar-refractivity contribution in [1.29, 1.82) is 0 Å². The Morgan fingerprint density at radius 1 is 0.857 bits per heavy atom. The molecule has 0 heterocycles. The fourth-order valence-corrected chi connectivity index (χ4v) is 7.15. The van der Waals surface area contributed by atoms with E-state index in [1.807, 2.05) is 6.92 Å². The lowest BCUT2D eigenvalue weighted by molar-refractivity contribution is -0.140. The van der Waals surface area contributed by atoms with Crippen molar-refractivity contribution >= 4 is 62.3 Å². The Balaban J connectivity index is 1.86. The molecular formula is C35H33Cl3F3N3O4S. The van der Waals surface area contributed by atoms with Crippen LogP contribution < -0.4 is 9.62 Å². The van der Waals surface area contributed by atoms with E-state index in [0.717, 1.165) is 18.6 Å². The molecule has 0 aliphatic rings. The number of nitrogens with one attached hydrogen (secondary N) is 1. The third-order valence-electron chi connectivity index (χ3n) is 7.61. The van der Waals surface area contributed by atoms with Gasteiger partial charge in [-0.25, -0.2) is 8.42 Å². The van der Waals surface area contributed by atoms with Gasteiger partial charge in [0.1, 0.15) is 12.6 Å². The van der Waals surface area contributed by atoms with Crippen molar-refractivity contribution in [3.05, 3.63) is 129 Å². The highest BCUT2D eigenvalue weighted by molar-refractivity contribution is 7.92. The molecule has 4 aromatic carbocycles. The monoisotopic (exact) mass is 753 g/mol. The number of hydrogen-bond donors (Lipinski definition) is 1. The number of hydrogen-bond acceptors (Lipinski definition) is 4. The maximum Gasteiger partial charge on any atom is 0.417 e. The zero-order valence-corrected chi connectivity index (χ0v) is 29.3. The zero-order chi connectivity index (χ0) is 35.8. The molecule has 4 aromatic rings. The van der Waals surface area contributed by atoms with E-state index in [9.17, 15) is 31.2 Å². The second kappa shape index (κ2) is 16.8. The van der Waals surface area contributed by atoms with Crippen LogP contribution in [0.3, 0.4) is 0 Å². The first-order chi connectivity index (χ1) is 23.2. The van der Waals surface area contributed by atoms with Crippen molar-refractivity contribution < 1.29 is 31.2 Å². The summed E-state index contributed by atoms with van der Waals surface area (Å²) < 4.78 is 70.6. The molecule has 0 spiro atoms. The van der Waals surface area contributed by atoms with Crippen molar-refractivity contribution in [3.8, 4) is 0 Å². The summed E-state index contributed by atoms with van der Waals surface area (Å²) in [6.45, 7) is 1.06. The van der Waals surface area contributed by atoms with Gasteiger partial charge in [0, 0.05) is 29.6 Å². The van der Waals surface area contributed by atoms with Crippen LogP contribution >= 0.6 is 34.8 Å². The summed E-state index contributed by atoms with van der Waals surface area (Å²) in [6.07, 6.45) is -3.42. The predicted molar refractivity (Wildman–Crippen MR) is 186 cm³/mol. The first kappa shape index (κ1) is 38.0. The molecule has 0 saturated carbocycles. The minimum absolute atomic E-state index is 0.0420. The zero-order valence-electron chi connectivity index (χ0n) is 26.3. The number of amides is 2. The van der Waals surface area contributed by atoms with Gasteiger partial charge in [0.05, 0.1) is 21.2 Å². The average Bonchev–Trinajstić information content (AvgIpc) is 3.06. The molecule has 1 atom stereocenters. The number of alkyl halides is 3. The molecule has 0 aromatic heterocycles. The first-order valence-electron chi connectivity index (χ1n) is 15.2. The van der Waals surface area contributed by atoms with Crippen molar-refractivity contribution in [2.24, 2.45) is 0 Å². The summed E-state index contributed by atoms with van der Waals surface area (Å²) >= 11 is 18.5. The second-order valence-corrected chi connectivity index (χ2v) is 14.2. The number of carbonyl (C=O) groups is 2. The summed E-state index contributed by atoms with van der Waals surface area (Å²) in [7, 11) is -4.64. The molecule has 0 saturated heterocycles. The van der Waals surface area contributed by atoms with Gasteiger partial charge in [0.2, 0.25) is 11.8 Å². The van der Waals surface area contributed by atoms with Crippen LogP contribution in [0.5, 0.6) is 0 Å². The summed E-state index contributed by atoms with van der Waals surface area (Å²) in [5.41, 5.74) is -0.624. The average molecular weight is 755 g/mol. The Kier molecular flexibility index (Phi) is 13.0. The molecule has 260 valence electrons. The van der Waals surface area contributed by atoms with E-state index < -0.39 is 56.9 Å². The molecule has 4 rings (SSSR count). The van der Waals surface area contributed by atoms with Crippen molar-refractivity contribution in [3.63, 3.8) is 0 Å². The minimum atomic E-state index is -4.92. The number of nitrogens with zero attached hydrogens (tertiary/aromatic N) is 2. The van der Waals surface area contributed by atoms with Crippen molar-refractivity contribution in [2.75, 3.05) is 17.4 Å². The van der Waals surface area contributed by atoms with Gasteiger partial charge in [-0.2, -0.15) is 13.2 Å². The van der Waals surface area contributed by atoms with Crippen LogP contribution in [-0.2, 0) is 38.8 Å². The lowest BCUT2D eigenvalue weighted by Gasteiger charge is -2.34.